The van der Waals surface area contributed by atoms with Crippen LogP contribution >= 0.6 is 11.8 Å². The molecular weight excluding hydrogens is 334 g/mol. The van der Waals surface area contributed by atoms with Gasteiger partial charge in [0.15, 0.2) is 0 Å². The summed E-state index contributed by atoms with van der Waals surface area (Å²) in [4.78, 5) is 0.731. The molecule has 26 heavy (non-hydrogen) atoms. The molecule has 0 aromatic heterocycles. The molecule has 0 bridgehead atoms. The van der Waals surface area contributed by atoms with Gasteiger partial charge >= 0.3 is 0 Å². The molecule has 0 radical (unpaired) electrons. The van der Waals surface area contributed by atoms with E-state index in [1.165, 1.54) is 43.9 Å². The minimum absolute atomic E-state index is 0.527. The second-order valence-corrected chi connectivity index (χ2v) is 6.83. The van der Waals surface area contributed by atoms with Crippen molar-refractivity contribution in [1.29, 1.82) is 0 Å². The van der Waals surface area contributed by atoms with E-state index in [1.807, 2.05) is 24.3 Å². The molecule has 0 heterocycles. The van der Waals surface area contributed by atoms with E-state index in [0.29, 0.717) is 5.92 Å². The molecule has 1 nitrogen and oxygen atoms in total. The van der Waals surface area contributed by atoms with E-state index in [0.717, 1.165) is 16.2 Å². The van der Waals surface area contributed by atoms with Crippen LogP contribution in [0.25, 0.3) is 0 Å². The van der Waals surface area contributed by atoms with Gasteiger partial charge < -0.3 is 5.32 Å². The first-order valence-electron chi connectivity index (χ1n) is 8.63. The van der Waals surface area contributed by atoms with Crippen molar-refractivity contribution in [2.45, 2.75) is 32.1 Å². The Morgan fingerprint density at radius 2 is 1.96 bits per heavy atom. The van der Waals surface area contributed by atoms with Crippen LogP contribution in [-0.4, -0.2) is 0 Å². The Hall–Kier alpha value is -2.91. The third kappa shape index (κ3) is 7.77. The van der Waals surface area contributed by atoms with Crippen molar-refractivity contribution in [2.75, 3.05) is 5.32 Å². The number of anilines is 1. The van der Waals surface area contributed by atoms with Crippen LogP contribution in [0.4, 0.5) is 5.69 Å². The second kappa shape index (κ2) is 11.6. The lowest BCUT2D eigenvalue weighted by Crippen LogP contribution is -2.02. The van der Waals surface area contributed by atoms with Crippen LogP contribution in [0.3, 0.4) is 0 Å². The van der Waals surface area contributed by atoms with E-state index in [9.17, 15) is 0 Å². The normalized spacial score (nSPS) is 12.5. The zero-order valence-corrected chi connectivity index (χ0v) is 15.6. The maximum absolute atomic E-state index is 3.80. The average Bonchev–Trinajstić information content (AvgIpc) is 2.66. The summed E-state index contributed by atoms with van der Waals surface area (Å²) in [6.07, 6.45) is 6.37. The van der Waals surface area contributed by atoms with Crippen molar-refractivity contribution in [2.24, 2.45) is 5.92 Å². The zero-order valence-electron chi connectivity index (χ0n) is 14.8. The number of rotatable bonds is 3. The largest absolute Gasteiger partial charge is 0.314 e. The molecule has 2 heteroatoms. The first-order valence-corrected chi connectivity index (χ1v) is 9.51. The zero-order chi connectivity index (χ0) is 18.5. The molecule has 0 amide bonds. The molecule has 1 aromatic carbocycles. The van der Waals surface area contributed by atoms with Gasteiger partial charge in [0.25, 0.3) is 0 Å². The minimum Gasteiger partial charge on any atom is -0.314 e. The van der Waals surface area contributed by atoms with E-state index in [4.69, 9.17) is 0 Å². The fourth-order valence-corrected chi connectivity index (χ4v) is 2.84. The lowest BCUT2D eigenvalue weighted by atomic mass is 9.90. The van der Waals surface area contributed by atoms with E-state index < -0.39 is 0 Å². The number of benzene rings is 1. The van der Waals surface area contributed by atoms with Crippen molar-refractivity contribution in [3.63, 3.8) is 0 Å². The SMILES string of the molecule is C=CSC(=C)C#CC#Cc1cccc(NC#CC#CC2CCCCC2)c1. The third-order valence-electron chi connectivity index (χ3n) is 3.77. The van der Waals surface area contributed by atoms with Gasteiger partial charge in [-0.25, -0.2) is 0 Å². The highest BCUT2D eigenvalue weighted by atomic mass is 32.2. The summed E-state index contributed by atoms with van der Waals surface area (Å²) in [5.74, 6) is 21.1. The predicted molar refractivity (Wildman–Crippen MR) is 114 cm³/mol. The second-order valence-electron chi connectivity index (χ2n) is 5.77. The van der Waals surface area contributed by atoms with Gasteiger partial charge in [-0.15, -0.1) is 0 Å². The highest BCUT2D eigenvalue weighted by Crippen LogP contribution is 2.22. The first-order chi connectivity index (χ1) is 12.8. The fourth-order valence-electron chi connectivity index (χ4n) is 2.53. The van der Waals surface area contributed by atoms with E-state index in [-0.39, 0.29) is 0 Å². The Labute approximate surface area is 161 Å². The molecule has 1 aliphatic carbocycles. The average molecular weight is 356 g/mol. The Morgan fingerprint density at radius 1 is 1.12 bits per heavy atom. The molecule has 0 spiro atoms. The van der Waals surface area contributed by atoms with Crippen LogP contribution in [0.5, 0.6) is 0 Å². The maximum atomic E-state index is 3.80. The highest BCUT2D eigenvalue weighted by Gasteiger charge is 2.09. The van der Waals surface area contributed by atoms with Gasteiger partial charge in [-0.05, 0) is 60.1 Å². The Balaban J connectivity index is 1.89. The molecular formula is C24H21NS. The standard InChI is InChI=1S/C24H21NS/c1-3-26-21(2)12-7-8-16-23-17-11-18-24(20-23)25-19-10-9-15-22-13-5-4-6-14-22/h3,11,17-18,20,22,25H,1-2,4-6,13-14H2. The number of thioether (sulfide) groups is 1. The smallest absolute Gasteiger partial charge is 0.0553 e. The summed E-state index contributed by atoms with van der Waals surface area (Å²) < 4.78 is 0. The van der Waals surface area contributed by atoms with Crippen molar-refractivity contribution in [3.05, 3.63) is 53.3 Å². The molecule has 1 aliphatic rings. The summed E-state index contributed by atoms with van der Waals surface area (Å²) >= 11 is 1.39. The third-order valence-corrected chi connectivity index (χ3v) is 4.33. The van der Waals surface area contributed by atoms with Gasteiger partial charge in [-0.3, -0.25) is 0 Å². The quantitative estimate of drug-likeness (QED) is 0.576. The monoisotopic (exact) mass is 355 g/mol. The van der Waals surface area contributed by atoms with Gasteiger partial charge in [0, 0.05) is 29.1 Å². The summed E-state index contributed by atoms with van der Waals surface area (Å²) in [5, 5.41) is 4.75. The molecule has 1 fully saturated rings. The van der Waals surface area contributed by atoms with Crippen molar-refractivity contribution in [3.8, 4) is 47.5 Å². The predicted octanol–water partition coefficient (Wildman–Crippen LogP) is 5.39. The lowest BCUT2D eigenvalue weighted by molar-refractivity contribution is 0.430. The molecule has 1 saturated carbocycles. The summed E-state index contributed by atoms with van der Waals surface area (Å²) in [6.45, 7) is 7.41. The van der Waals surface area contributed by atoms with E-state index in [2.05, 4.69) is 66.0 Å². The van der Waals surface area contributed by atoms with Crippen molar-refractivity contribution >= 4 is 17.4 Å². The van der Waals surface area contributed by atoms with E-state index >= 15 is 0 Å². The molecule has 1 aromatic rings. The summed E-state index contributed by atoms with van der Waals surface area (Å²) in [6, 6.07) is 10.6. The topological polar surface area (TPSA) is 12.0 Å². The Morgan fingerprint density at radius 3 is 2.77 bits per heavy atom. The molecule has 0 aliphatic heterocycles. The molecule has 128 valence electrons. The highest BCUT2D eigenvalue weighted by molar-refractivity contribution is 8.06. The molecule has 2 rings (SSSR count). The van der Waals surface area contributed by atoms with Crippen LogP contribution in [0.1, 0.15) is 37.7 Å². The van der Waals surface area contributed by atoms with Gasteiger partial charge in [0.1, 0.15) is 0 Å². The minimum atomic E-state index is 0.527. The van der Waals surface area contributed by atoms with Gasteiger partial charge in [0.2, 0.25) is 0 Å². The molecule has 0 unspecified atom stereocenters. The van der Waals surface area contributed by atoms with Gasteiger partial charge in [-0.2, -0.15) is 0 Å². The number of nitrogens with one attached hydrogen (secondary N) is 1. The van der Waals surface area contributed by atoms with Crippen molar-refractivity contribution < 1.29 is 0 Å². The van der Waals surface area contributed by atoms with Crippen LogP contribution < -0.4 is 5.32 Å². The Kier molecular flexibility index (Phi) is 8.67. The number of hydrogen-bond donors (Lipinski definition) is 1. The summed E-state index contributed by atoms with van der Waals surface area (Å²) in [7, 11) is 0. The van der Waals surface area contributed by atoms with Gasteiger partial charge in [0.05, 0.1) is 4.91 Å². The van der Waals surface area contributed by atoms with Crippen molar-refractivity contribution in [1.82, 2.24) is 0 Å². The molecule has 1 N–H and O–H groups in total. The van der Waals surface area contributed by atoms with E-state index in [1.54, 1.807) is 5.41 Å². The molecule has 0 saturated heterocycles. The van der Waals surface area contributed by atoms with Crippen LogP contribution in [0, 0.1) is 53.4 Å². The lowest BCUT2D eigenvalue weighted by Gasteiger charge is -2.15. The number of hydrogen-bond acceptors (Lipinski definition) is 2. The maximum Gasteiger partial charge on any atom is 0.0553 e. The van der Waals surface area contributed by atoms with Crippen LogP contribution in [0.15, 0.2) is 47.7 Å². The van der Waals surface area contributed by atoms with Crippen LogP contribution in [-0.2, 0) is 0 Å². The number of allylic oxidation sites excluding steroid dienone is 1. The fraction of sp³-hybridized carbons (Fsp3) is 0.250. The van der Waals surface area contributed by atoms with Crippen LogP contribution in [0.2, 0.25) is 0 Å². The molecule has 0 atom stereocenters. The summed E-state index contributed by atoms with van der Waals surface area (Å²) in [5.41, 5.74) is 1.77. The first kappa shape index (κ1) is 19.4. The Bertz CT molecular complexity index is 888. The van der Waals surface area contributed by atoms with Gasteiger partial charge in [-0.1, -0.05) is 62.1 Å².